The van der Waals surface area contributed by atoms with Crippen molar-refractivity contribution in [3.05, 3.63) is 36.5 Å². The molecule has 0 radical (unpaired) electrons. The van der Waals surface area contributed by atoms with E-state index in [1.165, 1.54) is 283 Å². The summed E-state index contributed by atoms with van der Waals surface area (Å²) in [7, 11) is 1.52. The molecule has 0 aliphatic heterocycles. The maximum atomic E-state index is 13.6. The van der Waals surface area contributed by atoms with E-state index in [9.17, 15) is 19.0 Å². The van der Waals surface area contributed by atoms with Crippen molar-refractivity contribution in [3.8, 4) is 0 Å². The second kappa shape index (κ2) is 65.2. The molecule has 0 saturated heterocycles. The van der Waals surface area contributed by atoms with Crippen LogP contribution in [0.4, 0.5) is 0 Å². The fourth-order valence-electron chi connectivity index (χ4n) is 11.3. The number of carbonyl (C=O) groups excluding carboxylic acids is 2. The first-order chi connectivity index (χ1) is 41.4. The highest BCUT2D eigenvalue weighted by atomic mass is 31.2. The summed E-state index contributed by atoms with van der Waals surface area (Å²) in [5.74, 6) is -0.481. The first kappa shape index (κ1) is 83.2. The second-order valence-electron chi connectivity index (χ2n) is 26.8. The molecular formula is C75H146N2O7P+. The molecule has 3 atom stereocenters. The zero-order valence-corrected chi connectivity index (χ0v) is 58.5. The number of hydrogen-bond acceptors (Lipinski definition) is 6. The molecule has 0 heterocycles. The van der Waals surface area contributed by atoms with Crippen molar-refractivity contribution in [2.24, 2.45) is 0 Å². The minimum Gasteiger partial charge on any atom is -0.456 e. The lowest BCUT2D eigenvalue weighted by Gasteiger charge is -2.27. The fraction of sp³-hybridized carbons (Fsp3) is 0.893. The summed E-state index contributed by atoms with van der Waals surface area (Å²) in [4.78, 5) is 38.0. The Morgan fingerprint density at radius 2 is 0.718 bits per heavy atom. The van der Waals surface area contributed by atoms with Crippen LogP contribution in [-0.2, 0) is 27.9 Å². The first-order valence-corrected chi connectivity index (χ1v) is 38.8. The predicted molar refractivity (Wildman–Crippen MR) is 369 cm³/mol. The number of rotatable bonds is 69. The smallest absolute Gasteiger partial charge is 0.456 e. The molecule has 0 aromatic carbocycles. The van der Waals surface area contributed by atoms with Crippen LogP contribution in [0.5, 0.6) is 0 Å². The van der Waals surface area contributed by atoms with E-state index in [4.69, 9.17) is 13.8 Å². The molecular weight excluding hydrogens is 1070 g/mol. The standard InChI is InChI=1S/C75H145N2O7P/c1-7-10-13-16-19-22-25-28-30-32-34-36-37-38-39-41-43-45-47-50-53-56-59-62-65-68-75(79)84-73(66-63-60-57-54-51-48-27-24-21-18-15-12-9-3)72(71-83-85(80,81)82-70-69-77(4,5)6)76-74(78)67-64-61-58-55-52-49-46-44-42-40-35-33-31-29-26-23-20-17-14-11-8-2/h19,22,28,30,63,66,72-73H,7-18,20-21,23-27,29,31-62,64-65,67-71H2,1-6H3,(H-,76,78,80,81)/p+1/b22-19-,30-28-,66-63+. The number of amides is 1. The number of phosphoric acid groups is 1. The number of nitrogens with one attached hydrogen (secondary N) is 1. The van der Waals surface area contributed by atoms with Gasteiger partial charge in [0.25, 0.3) is 0 Å². The molecule has 0 spiro atoms. The van der Waals surface area contributed by atoms with Gasteiger partial charge in [0.2, 0.25) is 5.91 Å². The lowest BCUT2D eigenvalue weighted by molar-refractivity contribution is -0.870. The number of carbonyl (C=O) groups is 2. The fourth-order valence-corrected chi connectivity index (χ4v) is 12.1. The highest BCUT2D eigenvalue weighted by Gasteiger charge is 2.30. The van der Waals surface area contributed by atoms with Gasteiger partial charge in [0.1, 0.15) is 19.3 Å². The number of ether oxygens (including phenoxy) is 1. The summed E-state index contributed by atoms with van der Waals surface area (Å²) < 4.78 is 30.9. The number of phosphoric ester groups is 1. The van der Waals surface area contributed by atoms with Crippen molar-refractivity contribution in [3.63, 3.8) is 0 Å². The Bertz CT molecular complexity index is 1550. The van der Waals surface area contributed by atoms with E-state index >= 15 is 0 Å². The SMILES string of the molecule is CCCCC/C=C\C/C=C\CCCCCCCCCCCCCCCCCC(=O)OC(/C=C/CCCCCCCCCCCCC)C(COP(=O)(O)OCC[N+](C)(C)C)NC(=O)CCCCCCCCCCCCCCCCCCCCCCC. The molecule has 0 rings (SSSR count). The van der Waals surface area contributed by atoms with Crippen LogP contribution in [-0.4, -0.2) is 74.3 Å². The number of unbranched alkanes of at least 4 members (excludes halogenated alkanes) is 49. The van der Waals surface area contributed by atoms with E-state index in [-0.39, 0.29) is 25.1 Å². The van der Waals surface area contributed by atoms with Crippen molar-refractivity contribution in [1.29, 1.82) is 0 Å². The Morgan fingerprint density at radius 1 is 0.412 bits per heavy atom. The Hall–Kier alpha value is -1.77. The van der Waals surface area contributed by atoms with Gasteiger partial charge in [0.05, 0.1) is 33.8 Å². The highest BCUT2D eigenvalue weighted by molar-refractivity contribution is 7.47. The number of allylic oxidation sites excluding steroid dienone is 5. The third-order valence-corrected chi connectivity index (χ3v) is 18.1. The number of quaternary nitrogens is 1. The van der Waals surface area contributed by atoms with Crippen LogP contribution in [0.2, 0.25) is 0 Å². The number of nitrogens with zero attached hydrogens (tertiary/aromatic N) is 1. The van der Waals surface area contributed by atoms with E-state index in [1.807, 2.05) is 27.2 Å². The van der Waals surface area contributed by atoms with Crippen LogP contribution in [0.1, 0.15) is 380 Å². The van der Waals surface area contributed by atoms with Gasteiger partial charge in [-0.3, -0.25) is 18.6 Å². The number of likely N-dealkylation sites (N-methyl/N-ethyl adjacent to an activating group) is 1. The summed E-state index contributed by atoms with van der Waals surface area (Å²) >= 11 is 0. The summed E-state index contributed by atoms with van der Waals surface area (Å²) in [5.41, 5.74) is 0. The molecule has 0 aromatic rings. The molecule has 0 aliphatic rings. The maximum Gasteiger partial charge on any atom is 0.472 e. The molecule has 0 aliphatic carbocycles. The Labute approximate surface area is 529 Å². The minimum atomic E-state index is -4.45. The zero-order chi connectivity index (χ0) is 62.1. The first-order valence-electron chi connectivity index (χ1n) is 37.3. The Balaban J connectivity index is 5.02. The lowest BCUT2D eigenvalue weighted by Crippen LogP contribution is -2.47. The van der Waals surface area contributed by atoms with Crippen LogP contribution in [0.15, 0.2) is 36.5 Å². The molecule has 0 fully saturated rings. The van der Waals surface area contributed by atoms with Crippen molar-refractivity contribution >= 4 is 19.7 Å². The van der Waals surface area contributed by atoms with Gasteiger partial charge in [0, 0.05) is 12.8 Å². The quantitative estimate of drug-likeness (QED) is 0.0205. The molecule has 9 nitrogen and oxygen atoms in total. The molecule has 85 heavy (non-hydrogen) atoms. The van der Waals surface area contributed by atoms with Gasteiger partial charge in [-0.15, -0.1) is 0 Å². The molecule has 10 heteroatoms. The van der Waals surface area contributed by atoms with E-state index < -0.39 is 20.0 Å². The van der Waals surface area contributed by atoms with Gasteiger partial charge in [-0.25, -0.2) is 4.57 Å². The van der Waals surface area contributed by atoms with E-state index in [1.54, 1.807) is 0 Å². The van der Waals surface area contributed by atoms with Crippen LogP contribution in [0.3, 0.4) is 0 Å². The number of hydrogen-bond donors (Lipinski definition) is 2. The average molecular weight is 1220 g/mol. The Morgan fingerprint density at radius 3 is 1.08 bits per heavy atom. The van der Waals surface area contributed by atoms with Crippen molar-refractivity contribution in [2.75, 3.05) is 40.9 Å². The van der Waals surface area contributed by atoms with E-state index in [2.05, 4.69) is 56.5 Å². The lowest BCUT2D eigenvalue weighted by atomic mass is 10.0. The normalized spacial score (nSPS) is 13.6. The monoisotopic (exact) mass is 1220 g/mol. The molecule has 1 amide bonds. The third kappa shape index (κ3) is 66.5. The molecule has 2 N–H and O–H groups in total. The molecule has 0 bridgehead atoms. The van der Waals surface area contributed by atoms with Gasteiger partial charge < -0.3 is 19.4 Å². The summed E-state index contributed by atoms with van der Waals surface area (Å²) in [6.07, 6.45) is 81.6. The molecule has 0 aromatic heterocycles. The maximum absolute atomic E-state index is 13.6. The van der Waals surface area contributed by atoms with E-state index in [0.29, 0.717) is 23.9 Å². The average Bonchev–Trinajstić information content (AvgIpc) is 3.48. The topological polar surface area (TPSA) is 111 Å². The van der Waals surface area contributed by atoms with Gasteiger partial charge in [-0.1, -0.05) is 340 Å². The zero-order valence-electron chi connectivity index (χ0n) is 57.6. The minimum absolute atomic E-state index is 0.0439. The van der Waals surface area contributed by atoms with Crippen LogP contribution in [0, 0.1) is 0 Å². The predicted octanol–water partition coefficient (Wildman–Crippen LogP) is 23.8. The summed E-state index contributed by atoms with van der Waals surface area (Å²) in [5, 5.41) is 3.08. The summed E-state index contributed by atoms with van der Waals surface area (Å²) in [6.45, 7) is 7.06. The highest BCUT2D eigenvalue weighted by Crippen LogP contribution is 2.43. The summed E-state index contributed by atoms with van der Waals surface area (Å²) in [6, 6.07) is -0.845. The molecule has 3 unspecified atom stereocenters. The van der Waals surface area contributed by atoms with Crippen molar-refractivity contribution < 1.29 is 37.3 Å². The largest absolute Gasteiger partial charge is 0.472 e. The van der Waals surface area contributed by atoms with Gasteiger partial charge in [-0.05, 0) is 63.9 Å². The second-order valence-corrected chi connectivity index (χ2v) is 28.3. The van der Waals surface area contributed by atoms with E-state index in [0.717, 1.165) is 64.2 Å². The molecule has 0 saturated carbocycles. The Kier molecular flexibility index (Phi) is 63.8. The van der Waals surface area contributed by atoms with Crippen LogP contribution < -0.4 is 5.32 Å². The van der Waals surface area contributed by atoms with Crippen molar-refractivity contribution in [2.45, 2.75) is 392 Å². The van der Waals surface area contributed by atoms with Crippen molar-refractivity contribution in [1.82, 2.24) is 5.32 Å². The van der Waals surface area contributed by atoms with Crippen LogP contribution >= 0.6 is 7.82 Å². The van der Waals surface area contributed by atoms with Gasteiger partial charge in [0.15, 0.2) is 0 Å². The molecule has 502 valence electrons. The van der Waals surface area contributed by atoms with Gasteiger partial charge >= 0.3 is 13.8 Å². The van der Waals surface area contributed by atoms with Crippen LogP contribution in [0.25, 0.3) is 0 Å². The van der Waals surface area contributed by atoms with Gasteiger partial charge in [-0.2, -0.15) is 0 Å². The third-order valence-electron chi connectivity index (χ3n) is 17.1. The number of esters is 1.